The van der Waals surface area contributed by atoms with Gasteiger partial charge in [-0.3, -0.25) is 0 Å². The molecule has 4 nitrogen and oxygen atoms in total. The zero-order valence-electron chi connectivity index (χ0n) is 10.7. The van der Waals surface area contributed by atoms with Crippen LogP contribution in [-0.2, 0) is 7.05 Å². The maximum atomic E-state index is 10.6. The van der Waals surface area contributed by atoms with Crippen molar-refractivity contribution in [2.24, 2.45) is 7.05 Å². The monoisotopic (exact) mass is 278 g/mol. The Hall–Kier alpha value is -1.52. The Kier molecular flexibility index (Phi) is 2.99. The Morgan fingerprint density at radius 1 is 1.42 bits per heavy atom. The van der Waals surface area contributed by atoms with Gasteiger partial charge < -0.3 is 14.4 Å². The summed E-state index contributed by atoms with van der Waals surface area (Å²) in [6, 6.07) is 5.32. The molecule has 2 aromatic rings. The predicted molar refractivity (Wildman–Crippen MR) is 72.5 cm³/mol. The molecule has 1 aliphatic heterocycles. The molecule has 0 radical (unpaired) electrons. The Bertz CT molecular complexity index is 611. The summed E-state index contributed by atoms with van der Waals surface area (Å²) < 4.78 is 7.78. The Morgan fingerprint density at radius 2 is 2.21 bits per heavy atom. The van der Waals surface area contributed by atoms with Gasteiger partial charge in [0.15, 0.2) is 0 Å². The van der Waals surface area contributed by atoms with Crippen molar-refractivity contribution in [2.45, 2.75) is 25.0 Å². The van der Waals surface area contributed by atoms with E-state index in [0.29, 0.717) is 10.8 Å². The number of ether oxygens (including phenoxy) is 1. The number of halogens is 1. The molecule has 2 heterocycles. The number of fused-ring (bicyclic) bond motifs is 1. The van der Waals surface area contributed by atoms with Gasteiger partial charge >= 0.3 is 0 Å². The minimum absolute atomic E-state index is 0.148. The lowest BCUT2D eigenvalue weighted by Crippen LogP contribution is -2.33. The van der Waals surface area contributed by atoms with E-state index >= 15 is 0 Å². The maximum Gasteiger partial charge on any atom is 0.125 e. The van der Waals surface area contributed by atoms with Gasteiger partial charge in [-0.25, -0.2) is 4.98 Å². The van der Waals surface area contributed by atoms with Crippen LogP contribution in [0.25, 0.3) is 0 Å². The third kappa shape index (κ3) is 2.01. The molecule has 100 valence electrons. The lowest BCUT2D eigenvalue weighted by Gasteiger charge is -2.35. The maximum absolute atomic E-state index is 10.6. The first kappa shape index (κ1) is 12.5. The second-order valence-electron chi connectivity index (χ2n) is 4.87. The highest BCUT2D eigenvalue weighted by atomic mass is 35.5. The minimum atomic E-state index is -0.668. The third-order valence-corrected chi connectivity index (χ3v) is 3.84. The molecule has 1 aliphatic rings. The summed E-state index contributed by atoms with van der Waals surface area (Å²) in [5.41, 5.74) is 0.721. The smallest absolute Gasteiger partial charge is 0.125 e. The second kappa shape index (κ2) is 4.54. The highest BCUT2D eigenvalue weighted by Crippen LogP contribution is 2.43. The van der Waals surface area contributed by atoms with Crippen LogP contribution in [0.15, 0.2) is 30.6 Å². The number of aliphatic hydroxyl groups excluding tert-OH is 1. The van der Waals surface area contributed by atoms with Gasteiger partial charge in [0.25, 0.3) is 0 Å². The van der Waals surface area contributed by atoms with Crippen molar-refractivity contribution in [1.29, 1.82) is 0 Å². The van der Waals surface area contributed by atoms with E-state index in [1.54, 1.807) is 24.4 Å². The third-order valence-electron chi connectivity index (χ3n) is 3.61. The summed E-state index contributed by atoms with van der Waals surface area (Å²) in [6.07, 6.45) is 2.77. The van der Waals surface area contributed by atoms with Gasteiger partial charge in [-0.15, -0.1) is 0 Å². The fraction of sp³-hybridized carbons (Fsp3) is 0.357. The summed E-state index contributed by atoms with van der Waals surface area (Å²) in [5, 5.41) is 11.2. The summed E-state index contributed by atoms with van der Waals surface area (Å²) >= 11 is 5.99. The fourth-order valence-corrected chi connectivity index (χ4v) is 2.81. The number of aliphatic hydroxyl groups is 1. The van der Waals surface area contributed by atoms with Crippen molar-refractivity contribution in [3.05, 3.63) is 47.0 Å². The SMILES string of the molecule is C[C@H]1Oc2ccc(Cl)cc2[C@@H](O)[C@@H]1c1nccn1C. The van der Waals surface area contributed by atoms with Crippen LogP contribution in [0, 0.1) is 0 Å². The first-order valence-electron chi connectivity index (χ1n) is 6.19. The number of benzene rings is 1. The van der Waals surface area contributed by atoms with Crippen LogP contribution in [0.1, 0.15) is 30.3 Å². The van der Waals surface area contributed by atoms with E-state index in [4.69, 9.17) is 16.3 Å². The van der Waals surface area contributed by atoms with Crippen molar-refractivity contribution >= 4 is 11.6 Å². The summed E-state index contributed by atoms with van der Waals surface area (Å²) in [6.45, 7) is 1.94. The van der Waals surface area contributed by atoms with E-state index in [1.807, 2.05) is 24.7 Å². The number of rotatable bonds is 1. The normalized spacial score (nSPS) is 25.8. The van der Waals surface area contributed by atoms with Gasteiger partial charge in [0.05, 0.1) is 12.0 Å². The highest BCUT2D eigenvalue weighted by molar-refractivity contribution is 6.30. The van der Waals surface area contributed by atoms with Crippen LogP contribution >= 0.6 is 11.6 Å². The number of nitrogens with zero attached hydrogens (tertiary/aromatic N) is 2. The van der Waals surface area contributed by atoms with E-state index in [9.17, 15) is 5.11 Å². The Balaban J connectivity index is 2.07. The predicted octanol–water partition coefficient (Wildman–Crippen LogP) is 2.67. The molecule has 0 bridgehead atoms. The number of hydrogen-bond acceptors (Lipinski definition) is 3. The molecule has 19 heavy (non-hydrogen) atoms. The van der Waals surface area contributed by atoms with Crippen molar-refractivity contribution in [1.82, 2.24) is 9.55 Å². The van der Waals surface area contributed by atoms with Gasteiger partial charge in [0, 0.05) is 30.0 Å². The molecule has 0 saturated heterocycles. The molecule has 3 rings (SSSR count). The van der Waals surface area contributed by atoms with Gasteiger partial charge in [0.1, 0.15) is 17.7 Å². The summed E-state index contributed by atoms with van der Waals surface area (Å²) in [7, 11) is 1.91. The Morgan fingerprint density at radius 3 is 2.89 bits per heavy atom. The molecule has 0 aliphatic carbocycles. The average Bonchev–Trinajstić information content (AvgIpc) is 2.77. The lowest BCUT2D eigenvalue weighted by molar-refractivity contribution is 0.0426. The summed E-state index contributed by atoms with van der Waals surface area (Å²) in [5.74, 6) is 1.30. The van der Waals surface area contributed by atoms with E-state index < -0.39 is 6.10 Å². The van der Waals surface area contributed by atoms with Crippen molar-refractivity contribution < 1.29 is 9.84 Å². The molecule has 1 aromatic carbocycles. The molecule has 0 spiro atoms. The van der Waals surface area contributed by atoms with Crippen molar-refractivity contribution in [2.75, 3.05) is 0 Å². The molecule has 1 N–H and O–H groups in total. The lowest BCUT2D eigenvalue weighted by atomic mass is 9.87. The first-order chi connectivity index (χ1) is 9.08. The van der Waals surface area contributed by atoms with E-state index in [2.05, 4.69) is 4.98 Å². The molecule has 5 heteroatoms. The van der Waals surface area contributed by atoms with E-state index in [-0.39, 0.29) is 12.0 Å². The minimum Gasteiger partial charge on any atom is -0.489 e. The zero-order valence-corrected chi connectivity index (χ0v) is 11.5. The van der Waals surface area contributed by atoms with Crippen LogP contribution in [-0.4, -0.2) is 20.8 Å². The Labute approximate surface area is 116 Å². The van der Waals surface area contributed by atoms with Crippen molar-refractivity contribution in [3.63, 3.8) is 0 Å². The second-order valence-corrected chi connectivity index (χ2v) is 5.31. The molecular weight excluding hydrogens is 264 g/mol. The molecular formula is C14H15ClN2O2. The molecule has 1 aromatic heterocycles. The highest BCUT2D eigenvalue weighted by Gasteiger charge is 2.38. The molecule has 3 atom stereocenters. The van der Waals surface area contributed by atoms with Gasteiger partial charge in [-0.05, 0) is 25.1 Å². The van der Waals surface area contributed by atoms with Crippen molar-refractivity contribution in [3.8, 4) is 5.75 Å². The fourth-order valence-electron chi connectivity index (χ4n) is 2.63. The molecule has 0 unspecified atom stereocenters. The molecule has 0 amide bonds. The average molecular weight is 279 g/mol. The standard InChI is InChI=1S/C14H15ClN2O2/c1-8-12(14-16-5-6-17(14)2)13(18)10-7-9(15)3-4-11(10)19-8/h3-8,12-13,18H,1-2H3/t8-,12-,13-/m1/s1. The zero-order chi connectivity index (χ0) is 13.6. The number of imidazole rings is 1. The molecule has 0 fully saturated rings. The van der Waals surface area contributed by atoms with Crippen LogP contribution < -0.4 is 4.74 Å². The number of aryl methyl sites for hydroxylation is 1. The summed E-state index contributed by atoms with van der Waals surface area (Å²) in [4.78, 5) is 4.33. The van der Waals surface area contributed by atoms with Gasteiger partial charge in [-0.1, -0.05) is 11.6 Å². The van der Waals surface area contributed by atoms with Crippen LogP contribution in [0.4, 0.5) is 0 Å². The quantitative estimate of drug-likeness (QED) is 0.872. The number of hydrogen-bond donors (Lipinski definition) is 1. The van der Waals surface area contributed by atoms with Crippen LogP contribution in [0.2, 0.25) is 5.02 Å². The van der Waals surface area contributed by atoms with Gasteiger partial charge in [-0.2, -0.15) is 0 Å². The molecule has 0 saturated carbocycles. The largest absolute Gasteiger partial charge is 0.489 e. The first-order valence-corrected chi connectivity index (χ1v) is 6.57. The van der Waals surface area contributed by atoms with Crippen LogP contribution in [0.5, 0.6) is 5.75 Å². The number of aromatic nitrogens is 2. The van der Waals surface area contributed by atoms with Crippen LogP contribution in [0.3, 0.4) is 0 Å². The topological polar surface area (TPSA) is 47.3 Å². The van der Waals surface area contributed by atoms with Gasteiger partial charge in [0.2, 0.25) is 0 Å². The van der Waals surface area contributed by atoms with E-state index in [0.717, 1.165) is 11.4 Å². The van der Waals surface area contributed by atoms with E-state index in [1.165, 1.54) is 0 Å².